The number of hydrogen-bond acceptors (Lipinski definition) is 3. The van der Waals surface area contributed by atoms with E-state index in [-0.39, 0.29) is 12.0 Å². The van der Waals surface area contributed by atoms with Gasteiger partial charge in [0.1, 0.15) is 12.7 Å². The number of allylic oxidation sites excluding steroid dienone is 3. The third kappa shape index (κ3) is 3.88. The lowest BCUT2D eigenvalue weighted by molar-refractivity contribution is -0.117. The molecule has 1 atom stereocenters. The van der Waals surface area contributed by atoms with E-state index in [1.165, 1.54) is 6.08 Å². The van der Waals surface area contributed by atoms with Crippen LogP contribution in [-0.4, -0.2) is 25.2 Å². The van der Waals surface area contributed by atoms with Crippen LogP contribution in [0.3, 0.4) is 0 Å². The summed E-state index contributed by atoms with van der Waals surface area (Å²) in [5, 5.41) is 2.78. The molecule has 100 valence electrons. The molecule has 0 fully saturated rings. The summed E-state index contributed by atoms with van der Waals surface area (Å²) in [6, 6.07) is 7.51. The molecule has 0 radical (unpaired) electrons. The molecule has 1 unspecified atom stereocenters. The van der Waals surface area contributed by atoms with Crippen molar-refractivity contribution in [1.29, 1.82) is 0 Å². The van der Waals surface area contributed by atoms with E-state index in [0.29, 0.717) is 13.2 Å². The lowest BCUT2D eigenvalue weighted by Crippen LogP contribution is -2.40. The molecule has 0 aromatic heterocycles. The molecule has 1 amide bonds. The summed E-state index contributed by atoms with van der Waals surface area (Å²) in [5.74, 6) is 1.33. The molecule has 0 aliphatic carbocycles. The Morgan fingerprint density at radius 2 is 2.16 bits per heavy atom. The van der Waals surface area contributed by atoms with E-state index in [9.17, 15) is 4.79 Å². The van der Waals surface area contributed by atoms with Gasteiger partial charge in [0.15, 0.2) is 11.5 Å². The zero-order valence-corrected chi connectivity index (χ0v) is 10.8. The first-order chi connectivity index (χ1) is 9.29. The minimum Gasteiger partial charge on any atom is -0.486 e. The average molecular weight is 259 g/mol. The maximum absolute atomic E-state index is 11.5. The Morgan fingerprint density at radius 3 is 2.95 bits per heavy atom. The lowest BCUT2D eigenvalue weighted by atomic mass is 10.2. The fourth-order valence-electron chi connectivity index (χ4n) is 1.69. The van der Waals surface area contributed by atoms with Gasteiger partial charge in [-0.15, -0.1) is 0 Å². The topological polar surface area (TPSA) is 47.6 Å². The maximum atomic E-state index is 11.5. The third-order valence-electron chi connectivity index (χ3n) is 2.62. The Balaban J connectivity index is 1.81. The van der Waals surface area contributed by atoms with Crippen LogP contribution in [0.5, 0.6) is 11.5 Å². The Morgan fingerprint density at radius 1 is 1.37 bits per heavy atom. The van der Waals surface area contributed by atoms with Gasteiger partial charge >= 0.3 is 0 Å². The van der Waals surface area contributed by atoms with E-state index in [0.717, 1.165) is 11.5 Å². The molecular weight excluding hydrogens is 242 g/mol. The van der Waals surface area contributed by atoms with Gasteiger partial charge in [-0.25, -0.2) is 0 Å². The minimum absolute atomic E-state index is 0.138. The molecule has 1 aromatic rings. The van der Waals surface area contributed by atoms with Crippen LogP contribution in [0.25, 0.3) is 0 Å². The fraction of sp³-hybridized carbons (Fsp3) is 0.267. The van der Waals surface area contributed by atoms with Crippen LogP contribution >= 0.6 is 0 Å². The van der Waals surface area contributed by atoms with Crippen LogP contribution in [0.1, 0.15) is 6.92 Å². The minimum atomic E-state index is -0.158. The SMILES string of the molecule is CC=CC=CC(=O)NCC1COc2ccccc2O1. The predicted molar refractivity (Wildman–Crippen MR) is 73.3 cm³/mol. The van der Waals surface area contributed by atoms with Crippen molar-refractivity contribution < 1.29 is 14.3 Å². The normalized spacial score (nSPS) is 17.8. The van der Waals surface area contributed by atoms with E-state index in [4.69, 9.17) is 9.47 Å². The highest BCUT2D eigenvalue weighted by Gasteiger charge is 2.20. The zero-order valence-electron chi connectivity index (χ0n) is 10.8. The number of nitrogens with one attached hydrogen (secondary N) is 1. The number of hydrogen-bond donors (Lipinski definition) is 1. The molecule has 1 aliphatic heterocycles. The number of fused-ring (bicyclic) bond motifs is 1. The van der Waals surface area contributed by atoms with Gasteiger partial charge < -0.3 is 14.8 Å². The number of rotatable bonds is 4. The number of carbonyl (C=O) groups is 1. The Bertz CT molecular complexity index is 494. The Kier molecular flexibility index (Phi) is 4.61. The van der Waals surface area contributed by atoms with Crippen molar-refractivity contribution >= 4 is 5.91 Å². The molecule has 0 spiro atoms. The van der Waals surface area contributed by atoms with E-state index in [2.05, 4.69) is 5.32 Å². The molecule has 2 rings (SSSR count). The molecule has 1 N–H and O–H groups in total. The number of amides is 1. The first-order valence-corrected chi connectivity index (χ1v) is 6.25. The molecule has 0 saturated carbocycles. The van der Waals surface area contributed by atoms with Crippen LogP contribution in [0.2, 0.25) is 0 Å². The molecular formula is C15H17NO3. The molecule has 1 heterocycles. The van der Waals surface area contributed by atoms with Gasteiger partial charge in [0, 0.05) is 6.08 Å². The molecule has 4 nitrogen and oxygen atoms in total. The summed E-state index contributed by atoms with van der Waals surface area (Å²) in [5.41, 5.74) is 0. The molecule has 1 aromatic carbocycles. The maximum Gasteiger partial charge on any atom is 0.244 e. The smallest absolute Gasteiger partial charge is 0.244 e. The van der Waals surface area contributed by atoms with Gasteiger partial charge in [-0.3, -0.25) is 4.79 Å². The number of carbonyl (C=O) groups excluding carboxylic acids is 1. The predicted octanol–water partition coefficient (Wildman–Crippen LogP) is 2.07. The summed E-state index contributed by atoms with van der Waals surface area (Å²) >= 11 is 0. The second-order valence-electron chi connectivity index (χ2n) is 4.13. The van der Waals surface area contributed by atoms with Crippen molar-refractivity contribution in [2.75, 3.05) is 13.2 Å². The monoisotopic (exact) mass is 259 g/mol. The van der Waals surface area contributed by atoms with Crippen molar-refractivity contribution in [1.82, 2.24) is 5.32 Å². The lowest BCUT2D eigenvalue weighted by Gasteiger charge is -2.26. The van der Waals surface area contributed by atoms with Gasteiger partial charge in [-0.1, -0.05) is 30.4 Å². The highest BCUT2D eigenvalue weighted by atomic mass is 16.6. The molecule has 4 heteroatoms. The van der Waals surface area contributed by atoms with Crippen LogP contribution < -0.4 is 14.8 Å². The summed E-state index contributed by atoms with van der Waals surface area (Å²) in [4.78, 5) is 11.5. The zero-order chi connectivity index (χ0) is 13.5. The summed E-state index contributed by atoms with van der Waals surface area (Å²) < 4.78 is 11.3. The molecule has 0 bridgehead atoms. The van der Waals surface area contributed by atoms with Crippen molar-refractivity contribution in [2.45, 2.75) is 13.0 Å². The van der Waals surface area contributed by atoms with Crippen molar-refractivity contribution in [2.24, 2.45) is 0 Å². The van der Waals surface area contributed by atoms with Crippen LogP contribution in [-0.2, 0) is 4.79 Å². The van der Waals surface area contributed by atoms with E-state index in [1.54, 1.807) is 12.2 Å². The van der Waals surface area contributed by atoms with Gasteiger partial charge in [0.25, 0.3) is 0 Å². The highest BCUT2D eigenvalue weighted by molar-refractivity contribution is 5.87. The van der Waals surface area contributed by atoms with Crippen LogP contribution in [0.15, 0.2) is 48.6 Å². The standard InChI is InChI=1S/C15H17NO3/c1-2-3-4-9-15(17)16-10-12-11-18-13-7-5-6-8-14(13)19-12/h2-9,12H,10-11H2,1H3,(H,16,17). The summed E-state index contributed by atoms with van der Waals surface area (Å²) in [6.45, 7) is 2.76. The Labute approximate surface area is 112 Å². The van der Waals surface area contributed by atoms with Crippen LogP contribution in [0.4, 0.5) is 0 Å². The van der Waals surface area contributed by atoms with E-state index in [1.807, 2.05) is 37.3 Å². The van der Waals surface area contributed by atoms with Crippen LogP contribution in [0, 0.1) is 0 Å². The molecule has 1 aliphatic rings. The Hall–Kier alpha value is -2.23. The number of benzene rings is 1. The largest absolute Gasteiger partial charge is 0.486 e. The van der Waals surface area contributed by atoms with Gasteiger partial charge in [0.2, 0.25) is 5.91 Å². The average Bonchev–Trinajstić information content (AvgIpc) is 2.45. The summed E-state index contributed by atoms with van der Waals surface area (Å²) in [7, 11) is 0. The van der Waals surface area contributed by atoms with Gasteiger partial charge in [0.05, 0.1) is 6.54 Å². The first kappa shape index (κ1) is 13.2. The van der Waals surface area contributed by atoms with Crippen molar-refractivity contribution in [3.8, 4) is 11.5 Å². The van der Waals surface area contributed by atoms with Crippen molar-refractivity contribution in [3.63, 3.8) is 0 Å². The van der Waals surface area contributed by atoms with Gasteiger partial charge in [-0.2, -0.15) is 0 Å². The van der Waals surface area contributed by atoms with Gasteiger partial charge in [-0.05, 0) is 19.1 Å². The second kappa shape index (κ2) is 6.64. The summed E-state index contributed by atoms with van der Waals surface area (Å²) in [6.07, 6.45) is 6.68. The number of ether oxygens (including phenoxy) is 2. The van der Waals surface area contributed by atoms with E-state index < -0.39 is 0 Å². The molecule has 0 saturated heterocycles. The molecule has 19 heavy (non-hydrogen) atoms. The third-order valence-corrected chi connectivity index (χ3v) is 2.62. The van der Waals surface area contributed by atoms with Crippen molar-refractivity contribution in [3.05, 3.63) is 48.6 Å². The fourth-order valence-corrected chi connectivity index (χ4v) is 1.69. The quantitative estimate of drug-likeness (QED) is 0.665. The first-order valence-electron chi connectivity index (χ1n) is 6.25. The number of para-hydroxylation sites is 2. The second-order valence-corrected chi connectivity index (χ2v) is 4.13. The van der Waals surface area contributed by atoms with E-state index >= 15 is 0 Å². The highest BCUT2D eigenvalue weighted by Crippen LogP contribution is 2.30.